The van der Waals surface area contributed by atoms with Crippen molar-refractivity contribution in [3.05, 3.63) is 58.6 Å². The Labute approximate surface area is 147 Å². The van der Waals surface area contributed by atoms with Gasteiger partial charge in [0.15, 0.2) is 17.2 Å². The van der Waals surface area contributed by atoms with Crippen LogP contribution in [-0.4, -0.2) is 23.2 Å². The van der Waals surface area contributed by atoms with Crippen LogP contribution in [0.1, 0.15) is 0 Å². The molecule has 0 atom stereocenters. The molecule has 0 saturated carbocycles. The lowest BCUT2D eigenvalue weighted by molar-refractivity contribution is -0.384. The predicted molar refractivity (Wildman–Crippen MR) is 93.9 cm³/mol. The van der Waals surface area contributed by atoms with Gasteiger partial charge in [-0.25, -0.2) is 0 Å². The summed E-state index contributed by atoms with van der Waals surface area (Å²) in [6, 6.07) is 13.0. The van der Waals surface area contributed by atoms with Gasteiger partial charge in [-0.15, -0.1) is 10.2 Å². The summed E-state index contributed by atoms with van der Waals surface area (Å²) in [6.45, 7) is 0.703. The van der Waals surface area contributed by atoms with Crippen LogP contribution < -0.4 is 9.47 Å². The Kier molecular flexibility index (Phi) is 3.85. The zero-order valence-corrected chi connectivity index (χ0v) is 13.5. The molecule has 130 valence electrons. The summed E-state index contributed by atoms with van der Waals surface area (Å²) >= 11 is 0. The minimum absolute atomic E-state index is 0.0661. The van der Waals surface area contributed by atoms with E-state index in [-0.39, 0.29) is 17.1 Å². The van der Waals surface area contributed by atoms with Gasteiger partial charge in [-0.3, -0.25) is 10.1 Å². The molecule has 3 aromatic carbocycles. The number of fused-ring (bicyclic) bond motifs is 2. The van der Waals surface area contributed by atoms with E-state index in [0.29, 0.717) is 41.2 Å². The molecule has 0 saturated heterocycles. The number of nitro groups is 1. The third-order valence-electron chi connectivity index (χ3n) is 3.98. The average Bonchev–Trinajstić information content (AvgIpc) is 2.67. The second-order valence-electron chi connectivity index (χ2n) is 5.59. The topological polar surface area (TPSA) is 107 Å². The fraction of sp³-hybridized carbons (Fsp3) is 0.111. The van der Waals surface area contributed by atoms with E-state index in [2.05, 4.69) is 10.2 Å². The standard InChI is InChI=1S/C18H13N3O5/c22-16-6-5-13(11-3-1-2-4-12(11)16)19-20-14-9-17-18(26-8-7-25-17)10-15(14)21(23)24/h1-6,9-10,22H,7-8H2. The van der Waals surface area contributed by atoms with Gasteiger partial charge in [0, 0.05) is 16.8 Å². The number of hydrogen-bond acceptors (Lipinski definition) is 7. The molecule has 0 spiro atoms. The highest BCUT2D eigenvalue weighted by molar-refractivity contribution is 5.96. The molecule has 1 N–H and O–H groups in total. The molecule has 4 rings (SSSR count). The Morgan fingerprint density at radius 2 is 1.58 bits per heavy atom. The number of phenols is 1. The lowest BCUT2D eigenvalue weighted by Gasteiger charge is -2.18. The van der Waals surface area contributed by atoms with E-state index in [1.54, 1.807) is 24.3 Å². The van der Waals surface area contributed by atoms with Gasteiger partial charge in [0.05, 0.1) is 16.7 Å². The van der Waals surface area contributed by atoms with Gasteiger partial charge >= 0.3 is 5.69 Å². The number of benzene rings is 3. The third kappa shape index (κ3) is 2.77. The van der Waals surface area contributed by atoms with Crippen LogP contribution >= 0.6 is 0 Å². The number of ether oxygens (including phenoxy) is 2. The summed E-state index contributed by atoms with van der Waals surface area (Å²) in [5.41, 5.74) is 0.333. The molecule has 3 aromatic rings. The van der Waals surface area contributed by atoms with Crippen molar-refractivity contribution >= 4 is 27.8 Å². The zero-order valence-electron chi connectivity index (χ0n) is 13.5. The molecule has 0 radical (unpaired) electrons. The molecule has 1 heterocycles. The second-order valence-corrected chi connectivity index (χ2v) is 5.59. The summed E-state index contributed by atoms with van der Waals surface area (Å²) in [5, 5.41) is 30.8. The first-order valence-electron chi connectivity index (χ1n) is 7.84. The second kappa shape index (κ2) is 6.32. The predicted octanol–water partition coefficient (Wildman–Crippen LogP) is 4.64. The van der Waals surface area contributed by atoms with Crippen LogP contribution in [0.2, 0.25) is 0 Å². The van der Waals surface area contributed by atoms with Gasteiger partial charge in [0.2, 0.25) is 0 Å². The highest BCUT2D eigenvalue weighted by atomic mass is 16.6. The summed E-state index contributed by atoms with van der Waals surface area (Å²) < 4.78 is 10.8. The molecule has 1 aliphatic heterocycles. The van der Waals surface area contributed by atoms with Crippen LogP contribution in [-0.2, 0) is 0 Å². The van der Waals surface area contributed by atoms with E-state index in [0.717, 1.165) is 0 Å². The van der Waals surface area contributed by atoms with Crippen LogP contribution in [0.3, 0.4) is 0 Å². The van der Waals surface area contributed by atoms with Gasteiger partial charge in [0.1, 0.15) is 19.0 Å². The Morgan fingerprint density at radius 1 is 0.923 bits per heavy atom. The van der Waals surface area contributed by atoms with Crippen molar-refractivity contribution in [1.29, 1.82) is 0 Å². The summed E-state index contributed by atoms with van der Waals surface area (Å²) in [7, 11) is 0. The van der Waals surface area contributed by atoms with Gasteiger partial charge < -0.3 is 14.6 Å². The quantitative estimate of drug-likeness (QED) is 0.420. The first-order chi connectivity index (χ1) is 12.6. The summed E-state index contributed by atoms with van der Waals surface area (Å²) in [6.07, 6.45) is 0. The van der Waals surface area contributed by atoms with Crippen molar-refractivity contribution in [2.45, 2.75) is 0 Å². The summed E-state index contributed by atoms with van der Waals surface area (Å²) in [5.74, 6) is 0.841. The van der Waals surface area contributed by atoms with Gasteiger partial charge in [-0.2, -0.15) is 0 Å². The van der Waals surface area contributed by atoms with E-state index in [4.69, 9.17) is 9.47 Å². The van der Waals surface area contributed by atoms with Crippen molar-refractivity contribution in [2.75, 3.05) is 13.2 Å². The Hall–Kier alpha value is -3.68. The molecule has 0 bridgehead atoms. The smallest absolute Gasteiger partial charge is 0.300 e. The van der Waals surface area contributed by atoms with Crippen LogP contribution in [0.15, 0.2) is 58.8 Å². The third-order valence-corrected chi connectivity index (χ3v) is 3.98. The lowest BCUT2D eigenvalue weighted by atomic mass is 10.1. The van der Waals surface area contributed by atoms with Crippen molar-refractivity contribution < 1.29 is 19.5 Å². The fourth-order valence-electron chi connectivity index (χ4n) is 2.76. The highest BCUT2D eigenvalue weighted by Crippen LogP contribution is 2.42. The van der Waals surface area contributed by atoms with Crippen LogP contribution in [0.5, 0.6) is 17.2 Å². The molecule has 0 fully saturated rings. The molecule has 0 aliphatic carbocycles. The molecule has 26 heavy (non-hydrogen) atoms. The maximum Gasteiger partial charge on any atom is 0.300 e. The number of phenolic OH excluding ortho intramolecular Hbond substituents is 1. The van der Waals surface area contributed by atoms with Crippen LogP contribution in [0.4, 0.5) is 17.1 Å². The van der Waals surface area contributed by atoms with Crippen LogP contribution in [0.25, 0.3) is 10.8 Å². The number of azo groups is 1. The maximum absolute atomic E-state index is 11.4. The molecular weight excluding hydrogens is 338 g/mol. The van der Waals surface area contributed by atoms with Crippen LogP contribution in [0, 0.1) is 10.1 Å². The van der Waals surface area contributed by atoms with Crippen molar-refractivity contribution in [3.63, 3.8) is 0 Å². The SMILES string of the molecule is O=[N+]([O-])c1cc2c(cc1N=Nc1ccc(O)c3ccccc13)OCCO2. The largest absolute Gasteiger partial charge is 0.507 e. The summed E-state index contributed by atoms with van der Waals surface area (Å²) in [4.78, 5) is 10.8. The monoisotopic (exact) mass is 351 g/mol. The first kappa shape index (κ1) is 15.8. The molecule has 0 unspecified atom stereocenters. The Bertz CT molecular complexity index is 1050. The zero-order chi connectivity index (χ0) is 18.1. The first-order valence-corrected chi connectivity index (χ1v) is 7.84. The minimum Gasteiger partial charge on any atom is -0.507 e. The fourth-order valence-corrected chi connectivity index (χ4v) is 2.76. The van der Waals surface area contributed by atoms with Gasteiger partial charge in [0.25, 0.3) is 0 Å². The van der Waals surface area contributed by atoms with Crippen molar-refractivity contribution in [3.8, 4) is 17.2 Å². The number of nitrogens with zero attached hydrogens (tertiary/aromatic N) is 3. The molecule has 0 amide bonds. The molecule has 8 heteroatoms. The van der Waals surface area contributed by atoms with Gasteiger partial charge in [-0.05, 0) is 12.1 Å². The van der Waals surface area contributed by atoms with E-state index in [1.807, 2.05) is 6.07 Å². The Morgan fingerprint density at radius 3 is 2.31 bits per heavy atom. The van der Waals surface area contributed by atoms with Crippen molar-refractivity contribution in [2.24, 2.45) is 10.2 Å². The Balaban J connectivity index is 1.80. The number of hydrogen-bond donors (Lipinski definition) is 1. The number of nitro benzene ring substituents is 1. The van der Waals surface area contributed by atoms with E-state index in [9.17, 15) is 15.2 Å². The molecule has 8 nitrogen and oxygen atoms in total. The number of aromatic hydroxyl groups is 1. The molecular formula is C18H13N3O5. The number of rotatable bonds is 3. The minimum atomic E-state index is -0.540. The van der Waals surface area contributed by atoms with E-state index < -0.39 is 4.92 Å². The highest BCUT2D eigenvalue weighted by Gasteiger charge is 2.22. The normalized spacial score (nSPS) is 13.2. The maximum atomic E-state index is 11.4. The molecule has 1 aliphatic rings. The van der Waals surface area contributed by atoms with E-state index >= 15 is 0 Å². The average molecular weight is 351 g/mol. The van der Waals surface area contributed by atoms with E-state index in [1.165, 1.54) is 18.2 Å². The van der Waals surface area contributed by atoms with Crippen molar-refractivity contribution in [1.82, 2.24) is 0 Å². The lowest BCUT2D eigenvalue weighted by Crippen LogP contribution is -2.15. The van der Waals surface area contributed by atoms with Gasteiger partial charge in [-0.1, -0.05) is 24.3 Å². The molecule has 0 aromatic heterocycles.